The monoisotopic (exact) mass is 290 g/mol. The zero-order valence-corrected chi connectivity index (χ0v) is 13.8. The third-order valence-electron chi connectivity index (χ3n) is 4.21. The first-order valence-corrected chi connectivity index (χ1v) is 8.35. The molecule has 21 heavy (non-hydrogen) atoms. The number of likely N-dealkylation sites (N-methyl/N-ethyl adjacent to an activating group) is 1. The van der Waals surface area contributed by atoms with Gasteiger partial charge >= 0.3 is 0 Å². The fraction of sp³-hybridized carbons (Fsp3) is 0.667. The molecule has 0 saturated carbocycles. The van der Waals surface area contributed by atoms with Crippen molar-refractivity contribution >= 4 is 0 Å². The van der Waals surface area contributed by atoms with Gasteiger partial charge < -0.3 is 10.1 Å². The van der Waals surface area contributed by atoms with Crippen molar-refractivity contribution in [2.75, 3.05) is 32.8 Å². The van der Waals surface area contributed by atoms with E-state index in [1.807, 2.05) is 0 Å². The van der Waals surface area contributed by atoms with Crippen LogP contribution in [0.5, 0.6) is 0 Å². The second kappa shape index (κ2) is 8.52. The van der Waals surface area contributed by atoms with Crippen molar-refractivity contribution in [3.63, 3.8) is 0 Å². The summed E-state index contributed by atoms with van der Waals surface area (Å²) in [7, 11) is 0. The van der Waals surface area contributed by atoms with Crippen LogP contribution in [-0.2, 0) is 11.2 Å². The molecule has 0 aliphatic carbocycles. The Kier molecular flexibility index (Phi) is 6.68. The van der Waals surface area contributed by atoms with Crippen LogP contribution in [-0.4, -0.2) is 49.8 Å². The first-order valence-electron chi connectivity index (χ1n) is 8.35. The fourth-order valence-electron chi connectivity index (χ4n) is 3.07. The lowest BCUT2D eigenvalue weighted by molar-refractivity contribution is -0.0459. The molecule has 0 spiro atoms. The quantitative estimate of drug-likeness (QED) is 0.835. The van der Waals surface area contributed by atoms with Crippen LogP contribution in [0.25, 0.3) is 0 Å². The summed E-state index contributed by atoms with van der Waals surface area (Å²) >= 11 is 0. The Morgan fingerprint density at radius 2 is 2.05 bits per heavy atom. The van der Waals surface area contributed by atoms with Crippen LogP contribution < -0.4 is 5.32 Å². The van der Waals surface area contributed by atoms with E-state index in [9.17, 15) is 0 Å². The van der Waals surface area contributed by atoms with Crippen molar-refractivity contribution < 1.29 is 4.74 Å². The number of benzene rings is 1. The number of rotatable bonds is 7. The second-order valence-electron chi connectivity index (χ2n) is 6.06. The number of morpholine rings is 1. The molecule has 1 aliphatic rings. The molecule has 0 amide bonds. The molecule has 3 nitrogen and oxygen atoms in total. The Labute approximate surface area is 129 Å². The summed E-state index contributed by atoms with van der Waals surface area (Å²) in [6, 6.07) is 9.28. The molecule has 0 bridgehead atoms. The van der Waals surface area contributed by atoms with E-state index < -0.39 is 0 Å². The van der Waals surface area contributed by atoms with E-state index in [0.717, 1.165) is 32.7 Å². The van der Waals surface area contributed by atoms with Crippen LogP contribution in [0, 0.1) is 6.92 Å². The van der Waals surface area contributed by atoms with Crippen molar-refractivity contribution in [2.45, 2.75) is 45.8 Å². The lowest BCUT2D eigenvalue weighted by Gasteiger charge is -2.37. The molecule has 2 atom stereocenters. The highest BCUT2D eigenvalue weighted by Crippen LogP contribution is 2.14. The van der Waals surface area contributed by atoms with Crippen molar-refractivity contribution in [3.8, 4) is 0 Å². The van der Waals surface area contributed by atoms with Gasteiger partial charge in [0.15, 0.2) is 0 Å². The first kappa shape index (κ1) is 16.5. The van der Waals surface area contributed by atoms with Gasteiger partial charge in [-0.05, 0) is 38.4 Å². The lowest BCUT2D eigenvalue weighted by atomic mass is 9.99. The van der Waals surface area contributed by atoms with Crippen LogP contribution >= 0.6 is 0 Å². The summed E-state index contributed by atoms with van der Waals surface area (Å²) in [5.41, 5.74) is 2.71. The van der Waals surface area contributed by atoms with Crippen LogP contribution in [0.1, 0.15) is 31.4 Å². The fourth-order valence-corrected chi connectivity index (χ4v) is 3.07. The van der Waals surface area contributed by atoms with Crippen LogP contribution in [0.15, 0.2) is 24.3 Å². The average Bonchev–Trinajstić information content (AvgIpc) is 2.50. The summed E-state index contributed by atoms with van der Waals surface area (Å²) in [6.45, 7) is 11.7. The molecular formula is C18H30N2O. The zero-order chi connectivity index (χ0) is 15.1. The van der Waals surface area contributed by atoms with Crippen LogP contribution in [0.2, 0.25) is 0 Å². The minimum Gasteiger partial charge on any atom is -0.374 e. The molecule has 1 aliphatic heterocycles. The van der Waals surface area contributed by atoms with Gasteiger partial charge in [0.1, 0.15) is 0 Å². The zero-order valence-electron chi connectivity index (χ0n) is 13.8. The average molecular weight is 290 g/mol. The minimum absolute atomic E-state index is 0.298. The smallest absolute Gasteiger partial charge is 0.0858 e. The van der Waals surface area contributed by atoms with Gasteiger partial charge in [0.25, 0.3) is 0 Å². The third kappa shape index (κ3) is 5.10. The second-order valence-corrected chi connectivity index (χ2v) is 6.06. The Morgan fingerprint density at radius 3 is 2.71 bits per heavy atom. The van der Waals surface area contributed by atoms with Gasteiger partial charge in [-0.25, -0.2) is 0 Å². The molecule has 0 aromatic heterocycles. The molecule has 1 aromatic carbocycles. The molecule has 0 radical (unpaired) electrons. The molecule has 1 heterocycles. The van der Waals surface area contributed by atoms with Gasteiger partial charge in [0.05, 0.1) is 12.7 Å². The lowest BCUT2D eigenvalue weighted by Crippen LogP contribution is -2.53. The normalized spacial score (nSPS) is 21.4. The van der Waals surface area contributed by atoms with E-state index in [2.05, 4.69) is 55.3 Å². The Hall–Kier alpha value is -0.900. The molecule has 2 rings (SSSR count). The highest BCUT2D eigenvalue weighted by molar-refractivity contribution is 5.22. The molecule has 1 N–H and O–H groups in total. The number of hydrogen-bond donors (Lipinski definition) is 1. The van der Waals surface area contributed by atoms with Crippen molar-refractivity contribution in [3.05, 3.63) is 35.4 Å². The maximum atomic E-state index is 6.06. The van der Waals surface area contributed by atoms with Gasteiger partial charge in [-0.2, -0.15) is 0 Å². The summed E-state index contributed by atoms with van der Waals surface area (Å²) in [6.07, 6.45) is 2.56. The number of aryl methyl sites for hydroxylation is 1. The molecule has 2 unspecified atom stereocenters. The molecule has 1 saturated heterocycles. The molecular weight excluding hydrogens is 260 g/mol. The third-order valence-corrected chi connectivity index (χ3v) is 4.21. The van der Waals surface area contributed by atoms with E-state index in [4.69, 9.17) is 4.74 Å². The minimum atomic E-state index is 0.298. The van der Waals surface area contributed by atoms with Crippen molar-refractivity contribution in [2.24, 2.45) is 0 Å². The molecule has 1 fully saturated rings. The highest BCUT2D eigenvalue weighted by Gasteiger charge is 2.27. The van der Waals surface area contributed by atoms with E-state index in [1.165, 1.54) is 24.1 Å². The Bertz CT molecular complexity index is 402. The van der Waals surface area contributed by atoms with Crippen molar-refractivity contribution in [1.82, 2.24) is 10.2 Å². The maximum Gasteiger partial charge on any atom is 0.0858 e. The van der Waals surface area contributed by atoms with Crippen LogP contribution in [0.3, 0.4) is 0 Å². The maximum absolute atomic E-state index is 6.06. The van der Waals surface area contributed by atoms with Gasteiger partial charge in [0.2, 0.25) is 0 Å². The number of nitrogens with one attached hydrogen (secondary N) is 1. The number of hydrogen-bond acceptors (Lipinski definition) is 3. The first-order chi connectivity index (χ1) is 10.2. The van der Waals surface area contributed by atoms with E-state index >= 15 is 0 Å². The Balaban J connectivity index is 1.98. The SMILES string of the molecule is CCCN1CCOC(C(Cc2ccc(C)cc2)NCC)C1. The van der Waals surface area contributed by atoms with Gasteiger partial charge in [-0.1, -0.05) is 43.7 Å². The summed E-state index contributed by atoms with van der Waals surface area (Å²) in [5.74, 6) is 0. The van der Waals surface area contributed by atoms with Gasteiger partial charge in [-0.3, -0.25) is 4.90 Å². The number of ether oxygens (including phenoxy) is 1. The summed E-state index contributed by atoms with van der Waals surface area (Å²) in [4.78, 5) is 2.54. The van der Waals surface area contributed by atoms with E-state index in [1.54, 1.807) is 0 Å². The Morgan fingerprint density at radius 1 is 1.29 bits per heavy atom. The molecule has 1 aromatic rings. The molecule has 118 valence electrons. The standard InChI is InChI=1S/C18H30N2O/c1-4-10-20-11-12-21-18(14-20)17(19-5-2)13-16-8-6-15(3)7-9-16/h6-9,17-19H,4-5,10-14H2,1-3H3. The van der Waals surface area contributed by atoms with Gasteiger partial charge in [-0.15, -0.1) is 0 Å². The van der Waals surface area contributed by atoms with E-state index in [-0.39, 0.29) is 0 Å². The highest BCUT2D eigenvalue weighted by atomic mass is 16.5. The van der Waals surface area contributed by atoms with E-state index in [0.29, 0.717) is 12.1 Å². The van der Waals surface area contributed by atoms with Crippen molar-refractivity contribution in [1.29, 1.82) is 0 Å². The summed E-state index contributed by atoms with van der Waals surface area (Å²) in [5, 5.41) is 3.63. The summed E-state index contributed by atoms with van der Waals surface area (Å²) < 4.78 is 6.06. The van der Waals surface area contributed by atoms with Gasteiger partial charge in [0, 0.05) is 19.1 Å². The topological polar surface area (TPSA) is 24.5 Å². The van der Waals surface area contributed by atoms with Crippen LogP contribution in [0.4, 0.5) is 0 Å². The predicted molar refractivity (Wildman–Crippen MR) is 88.8 cm³/mol. The number of nitrogens with zero attached hydrogens (tertiary/aromatic N) is 1. The predicted octanol–water partition coefficient (Wildman–Crippen LogP) is 2.63. The molecule has 3 heteroatoms. The largest absolute Gasteiger partial charge is 0.374 e.